The van der Waals surface area contributed by atoms with Crippen molar-refractivity contribution in [2.45, 2.75) is 13.0 Å². The summed E-state index contributed by atoms with van der Waals surface area (Å²) in [5.41, 5.74) is 0.865. The van der Waals surface area contributed by atoms with Crippen molar-refractivity contribution in [3.05, 3.63) is 18.0 Å². The quantitative estimate of drug-likeness (QED) is 0.695. The van der Waals surface area contributed by atoms with Gasteiger partial charge >= 0.3 is 0 Å². The summed E-state index contributed by atoms with van der Waals surface area (Å²) in [5, 5.41) is 12.9. The molecule has 2 heterocycles. The first kappa shape index (κ1) is 9.71. The predicted molar refractivity (Wildman–Crippen MR) is 52.3 cm³/mol. The highest BCUT2D eigenvalue weighted by molar-refractivity contribution is 5.79. The number of hydrogen-bond donors (Lipinski definition) is 0. The van der Waals surface area contributed by atoms with Crippen LogP contribution in [-0.2, 0) is 18.4 Å². The Kier molecular flexibility index (Phi) is 2.42. The van der Waals surface area contributed by atoms with Crippen molar-refractivity contribution >= 4 is 5.91 Å². The molecule has 1 aromatic heterocycles. The minimum atomic E-state index is -0.152. The van der Waals surface area contributed by atoms with Crippen molar-refractivity contribution in [2.75, 3.05) is 6.54 Å². The summed E-state index contributed by atoms with van der Waals surface area (Å²) in [5.74, 6) is -0.103. The minimum absolute atomic E-state index is 0.0483. The van der Waals surface area contributed by atoms with Crippen LogP contribution in [0.1, 0.15) is 12.1 Å². The van der Waals surface area contributed by atoms with Crippen LogP contribution in [0.2, 0.25) is 0 Å². The number of likely N-dealkylation sites (tertiary alicyclic amines) is 1. The predicted octanol–water partition coefficient (Wildman–Crippen LogP) is 0.292. The lowest BCUT2D eigenvalue weighted by atomic mass is 10.1. The Morgan fingerprint density at radius 2 is 2.53 bits per heavy atom. The van der Waals surface area contributed by atoms with E-state index in [4.69, 9.17) is 5.26 Å². The third-order valence-corrected chi connectivity index (χ3v) is 2.52. The number of nitrogens with zero attached hydrogens (tertiary/aromatic N) is 4. The van der Waals surface area contributed by atoms with Gasteiger partial charge in [-0.1, -0.05) is 0 Å². The Bertz CT molecular complexity index is 417. The van der Waals surface area contributed by atoms with Gasteiger partial charge in [0.25, 0.3) is 0 Å². The van der Waals surface area contributed by atoms with Crippen molar-refractivity contribution in [1.82, 2.24) is 14.7 Å². The van der Waals surface area contributed by atoms with Crippen molar-refractivity contribution < 1.29 is 4.79 Å². The third-order valence-electron chi connectivity index (χ3n) is 2.52. The van der Waals surface area contributed by atoms with Gasteiger partial charge in [-0.3, -0.25) is 9.48 Å². The molecule has 1 aliphatic heterocycles. The van der Waals surface area contributed by atoms with Crippen molar-refractivity contribution in [3.63, 3.8) is 0 Å². The van der Waals surface area contributed by atoms with Crippen LogP contribution < -0.4 is 0 Å². The Morgan fingerprint density at radius 1 is 1.73 bits per heavy atom. The minimum Gasteiger partial charge on any atom is -0.335 e. The van der Waals surface area contributed by atoms with Crippen LogP contribution in [0, 0.1) is 17.2 Å². The van der Waals surface area contributed by atoms with E-state index in [2.05, 4.69) is 11.2 Å². The van der Waals surface area contributed by atoms with E-state index in [9.17, 15) is 4.79 Å². The fraction of sp³-hybridized carbons (Fsp3) is 0.500. The molecule has 0 radical (unpaired) electrons. The first-order valence-corrected chi connectivity index (χ1v) is 4.85. The Labute approximate surface area is 87.9 Å². The molecule has 5 nitrogen and oxygen atoms in total. The zero-order valence-electron chi connectivity index (χ0n) is 8.55. The number of rotatable bonds is 2. The lowest BCUT2D eigenvalue weighted by Gasteiger charge is -2.13. The van der Waals surface area contributed by atoms with Crippen LogP contribution in [0.4, 0.5) is 0 Å². The SMILES string of the molecule is Cn1ccc(CN2CC(C#N)CC2=O)n1. The summed E-state index contributed by atoms with van der Waals surface area (Å²) >= 11 is 0. The van der Waals surface area contributed by atoms with Gasteiger partial charge in [0.15, 0.2) is 0 Å². The highest BCUT2D eigenvalue weighted by Crippen LogP contribution is 2.18. The van der Waals surface area contributed by atoms with Gasteiger partial charge < -0.3 is 4.90 Å². The van der Waals surface area contributed by atoms with Gasteiger partial charge in [0.05, 0.1) is 24.2 Å². The number of aromatic nitrogens is 2. The van der Waals surface area contributed by atoms with E-state index in [0.29, 0.717) is 19.5 Å². The number of carbonyl (C=O) groups is 1. The smallest absolute Gasteiger partial charge is 0.224 e. The molecule has 5 heteroatoms. The molecular weight excluding hydrogens is 192 g/mol. The maximum absolute atomic E-state index is 11.5. The van der Waals surface area contributed by atoms with E-state index in [1.807, 2.05) is 19.3 Å². The van der Waals surface area contributed by atoms with Crippen LogP contribution in [0.3, 0.4) is 0 Å². The monoisotopic (exact) mass is 204 g/mol. The molecular formula is C10H12N4O. The molecule has 78 valence electrons. The summed E-state index contributed by atoms with van der Waals surface area (Å²) in [6.45, 7) is 1.05. The molecule has 15 heavy (non-hydrogen) atoms. The van der Waals surface area contributed by atoms with Gasteiger partial charge in [0.1, 0.15) is 0 Å². The Hall–Kier alpha value is -1.83. The second-order valence-corrected chi connectivity index (χ2v) is 3.79. The van der Waals surface area contributed by atoms with E-state index < -0.39 is 0 Å². The summed E-state index contributed by atoms with van der Waals surface area (Å²) in [6.07, 6.45) is 2.20. The second kappa shape index (κ2) is 3.73. The average Bonchev–Trinajstić information content (AvgIpc) is 2.75. The zero-order valence-corrected chi connectivity index (χ0v) is 8.55. The fourth-order valence-electron chi connectivity index (χ4n) is 1.75. The maximum atomic E-state index is 11.5. The van der Waals surface area contributed by atoms with E-state index in [0.717, 1.165) is 5.69 Å². The largest absolute Gasteiger partial charge is 0.335 e. The molecule has 1 saturated heterocycles. The summed E-state index contributed by atoms with van der Waals surface area (Å²) in [7, 11) is 1.84. The van der Waals surface area contributed by atoms with Gasteiger partial charge in [-0.05, 0) is 6.07 Å². The van der Waals surface area contributed by atoms with Crippen molar-refractivity contribution in [1.29, 1.82) is 5.26 Å². The zero-order chi connectivity index (χ0) is 10.8. The lowest BCUT2D eigenvalue weighted by molar-refractivity contribution is -0.128. The molecule has 1 fully saturated rings. The topological polar surface area (TPSA) is 61.9 Å². The average molecular weight is 204 g/mol. The summed E-state index contributed by atoms with van der Waals surface area (Å²) in [4.78, 5) is 13.2. The molecule has 1 aliphatic rings. The summed E-state index contributed by atoms with van der Waals surface area (Å²) < 4.78 is 1.71. The van der Waals surface area contributed by atoms with Crippen molar-refractivity contribution in [2.24, 2.45) is 13.0 Å². The Balaban J connectivity index is 2.02. The molecule has 0 N–H and O–H groups in total. The molecule has 1 aromatic rings. The molecule has 1 amide bonds. The van der Waals surface area contributed by atoms with Crippen LogP contribution >= 0.6 is 0 Å². The standard InChI is InChI=1S/C10H12N4O/c1-13-3-2-9(12-13)7-14-6-8(5-11)4-10(14)15/h2-3,8H,4,6-7H2,1H3. The van der Waals surface area contributed by atoms with E-state index in [1.165, 1.54) is 0 Å². The summed E-state index contributed by atoms with van der Waals surface area (Å²) in [6, 6.07) is 4.01. The molecule has 0 saturated carbocycles. The van der Waals surface area contributed by atoms with Crippen LogP contribution in [0.15, 0.2) is 12.3 Å². The molecule has 2 rings (SSSR count). The highest BCUT2D eigenvalue weighted by Gasteiger charge is 2.29. The van der Waals surface area contributed by atoms with Gasteiger partial charge in [-0.15, -0.1) is 0 Å². The molecule has 1 unspecified atom stereocenters. The number of hydrogen-bond acceptors (Lipinski definition) is 3. The number of amides is 1. The van der Waals surface area contributed by atoms with E-state index in [1.54, 1.807) is 9.58 Å². The van der Waals surface area contributed by atoms with Crippen LogP contribution in [-0.4, -0.2) is 27.1 Å². The normalized spacial score (nSPS) is 20.7. The van der Waals surface area contributed by atoms with Gasteiger partial charge in [0.2, 0.25) is 5.91 Å². The first-order chi connectivity index (χ1) is 7.19. The lowest BCUT2D eigenvalue weighted by Crippen LogP contribution is -2.24. The molecule has 0 bridgehead atoms. The molecule has 0 aromatic carbocycles. The number of aryl methyl sites for hydroxylation is 1. The van der Waals surface area contributed by atoms with E-state index in [-0.39, 0.29) is 11.8 Å². The molecule has 0 spiro atoms. The van der Waals surface area contributed by atoms with Gasteiger partial charge in [-0.25, -0.2) is 0 Å². The van der Waals surface area contributed by atoms with Crippen LogP contribution in [0.5, 0.6) is 0 Å². The van der Waals surface area contributed by atoms with Crippen molar-refractivity contribution in [3.8, 4) is 6.07 Å². The highest BCUT2D eigenvalue weighted by atomic mass is 16.2. The van der Waals surface area contributed by atoms with E-state index >= 15 is 0 Å². The number of carbonyl (C=O) groups excluding carboxylic acids is 1. The Morgan fingerprint density at radius 3 is 3.07 bits per heavy atom. The van der Waals surface area contributed by atoms with Crippen LogP contribution in [0.25, 0.3) is 0 Å². The van der Waals surface area contributed by atoms with Gasteiger partial charge in [0, 0.05) is 26.2 Å². The first-order valence-electron chi connectivity index (χ1n) is 4.85. The number of nitriles is 1. The third kappa shape index (κ3) is 1.99. The molecule has 1 atom stereocenters. The fourth-order valence-corrected chi connectivity index (χ4v) is 1.75. The maximum Gasteiger partial charge on any atom is 0.224 e. The molecule has 0 aliphatic carbocycles. The van der Waals surface area contributed by atoms with Gasteiger partial charge in [-0.2, -0.15) is 10.4 Å². The second-order valence-electron chi connectivity index (χ2n) is 3.79.